The maximum Gasteiger partial charge on any atom is 0.220 e. The minimum Gasteiger partial charge on any atom is -0.352 e. The molecule has 0 aliphatic heterocycles. The van der Waals surface area contributed by atoms with Crippen molar-refractivity contribution in [3.05, 3.63) is 35.2 Å². The molecular weight excluding hydrogens is 280 g/mol. The summed E-state index contributed by atoms with van der Waals surface area (Å²) in [6.07, 6.45) is 4.88. The van der Waals surface area contributed by atoms with Crippen LogP contribution >= 0.6 is 11.3 Å². The number of hydrogen-bond donors (Lipinski definition) is 2. The average molecular weight is 302 g/mol. The van der Waals surface area contributed by atoms with Crippen molar-refractivity contribution in [3.8, 4) is 0 Å². The van der Waals surface area contributed by atoms with Gasteiger partial charge in [-0.05, 0) is 54.0 Å². The van der Waals surface area contributed by atoms with Crippen LogP contribution in [0, 0.1) is 5.92 Å². The summed E-state index contributed by atoms with van der Waals surface area (Å²) >= 11 is 1.78. The molecule has 1 saturated carbocycles. The first-order valence-electron chi connectivity index (χ1n) is 7.72. The molecule has 0 bridgehead atoms. The van der Waals surface area contributed by atoms with E-state index in [0.29, 0.717) is 18.9 Å². The quantitative estimate of drug-likeness (QED) is 0.826. The largest absolute Gasteiger partial charge is 0.352 e. The van der Waals surface area contributed by atoms with Crippen molar-refractivity contribution >= 4 is 27.3 Å². The molecule has 1 aromatic carbocycles. The van der Waals surface area contributed by atoms with Crippen LogP contribution < -0.4 is 11.1 Å². The van der Waals surface area contributed by atoms with Gasteiger partial charge in [-0.15, -0.1) is 11.3 Å². The molecule has 0 spiro atoms. The van der Waals surface area contributed by atoms with Gasteiger partial charge in [0.1, 0.15) is 0 Å². The van der Waals surface area contributed by atoms with Crippen LogP contribution in [0.5, 0.6) is 0 Å². The van der Waals surface area contributed by atoms with E-state index in [0.717, 1.165) is 12.8 Å². The van der Waals surface area contributed by atoms with Gasteiger partial charge in [0.2, 0.25) is 5.91 Å². The predicted molar refractivity (Wildman–Crippen MR) is 88.5 cm³/mol. The maximum absolute atomic E-state index is 12.0. The molecule has 112 valence electrons. The van der Waals surface area contributed by atoms with Gasteiger partial charge in [-0.3, -0.25) is 4.79 Å². The Hall–Kier alpha value is -1.39. The van der Waals surface area contributed by atoms with Crippen LogP contribution in [-0.4, -0.2) is 18.5 Å². The number of nitrogens with two attached hydrogens (primary N) is 1. The Bertz CT molecular complexity index is 618. The Morgan fingerprint density at radius 3 is 2.95 bits per heavy atom. The maximum atomic E-state index is 12.0. The number of nitrogens with one attached hydrogen (secondary N) is 1. The van der Waals surface area contributed by atoms with Crippen LogP contribution in [0.3, 0.4) is 0 Å². The smallest absolute Gasteiger partial charge is 0.220 e. The number of rotatable bonds is 7. The molecule has 3 N–H and O–H groups in total. The first kappa shape index (κ1) is 14.5. The van der Waals surface area contributed by atoms with Gasteiger partial charge in [0.15, 0.2) is 0 Å². The Kier molecular flexibility index (Phi) is 4.56. The fourth-order valence-electron chi connectivity index (χ4n) is 2.81. The van der Waals surface area contributed by atoms with Crippen molar-refractivity contribution in [1.29, 1.82) is 0 Å². The number of aryl methyl sites for hydroxylation is 1. The zero-order valence-corrected chi connectivity index (χ0v) is 13.0. The summed E-state index contributed by atoms with van der Waals surface area (Å²) in [7, 11) is 0. The van der Waals surface area contributed by atoms with Crippen molar-refractivity contribution in [2.24, 2.45) is 11.7 Å². The fourth-order valence-corrected chi connectivity index (χ4v) is 3.81. The topological polar surface area (TPSA) is 55.1 Å². The van der Waals surface area contributed by atoms with Crippen molar-refractivity contribution in [1.82, 2.24) is 5.32 Å². The Balaban J connectivity index is 1.48. The monoisotopic (exact) mass is 302 g/mol. The average Bonchev–Trinajstić information content (AvgIpc) is 3.27. The van der Waals surface area contributed by atoms with E-state index in [1.54, 1.807) is 11.3 Å². The minimum atomic E-state index is 0.150. The molecule has 0 saturated heterocycles. The molecule has 4 heteroatoms. The number of benzene rings is 1. The standard InChI is InChI=1S/C17H22N2OS/c18-10-15(12-8-9-12)19-17(20)7-3-4-13-11-21-16-6-2-1-5-14(13)16/h1-2,5-6,11-12,15H,3-4,7-10,18H2,(H,19,20). The highest BCUT2D eigenvalue weighted by molar-refractivity contribution is 7.17. The van der Waals surface area contributed by atoms with Gasteiger partial charge >= 0.3 is 0 Å². The zero-order valence-electron chi connectivity index (χ0n) is 12.2. The van der Waals surface area contributed by atoms with Gasteiger partial charge in [0, 0.05) is 23.7 Å². The van der Waals surface area contributed by atoms with Crippen LogP contribution in [-0.2, 0) is 11.2 Å². The number of amides is 1. The molecule has 1 aliphatic rings. The Labute approximate surface area is 129 Å². The molecule has 1 unspecified atom stereocenters. The zero-order chi connectivity index (χ0) is 14.7. The summed E-state index contributed by atoms with van der Waals surface area (Å²) in [5, 5.41) is 6.64. The lowest BCUT2D eigenvalue weighted by molar-refractivity contribution is -0.122. The lowest BCUT2D eigenvalue weighted by Gasteiger charge is -2.15. The van der Waals surface area contributed by atoms with Crippen molar-refractivity contribution in [3.63, 3.8) is 0 Å². The fraction of sp³-hybridized carbons (Fsp3) is 0.471. The van der Waals surface area contributed by atoms with Gasteiger partial charge in [-0.25, -0.2) is 0 Å². The second-order valence-corrected chi connectivity index (χ2v) is 6.77. The second kappa shape index (κ2) is 6.58. The van der Waals surface area contributed by atoms with E-state index in [-0.39, 0.29) is 11.9 Å². The molecule has 0 radical (unpaired) electrons. The van der Waals surface area contributed by atoms with E-state index < -0.39 is 0 Å². The Morgan fingerprint density at radius 1 is 1.38 bits per heavy atom. The minimum absolute atomic E-state index is 0.150. The summed E-state index contributed by atoms with van der Waals surface area (Å²) in [5.41, 5.74) is 7.08. The van der Waals surface area contributed by atoms with Crippen molar-refractivity contribution in [2.45, 2.75) is 38.1 Å². The summed E-state index contributed by atoms with van der Waals surface area (Å²) < 4.78 is 1.33. The highest BCUT2D eigenvalue weighted by Gasteiger charge is 2.30. The molecule has 21 heavy (non-hydrogen) atoms. The Morgan fingerprint density at radius 2 is 2.19 bits per heavy atom. The number of thiophene rings is 1. The van der Waals surface area contributed by atoms with Crippen LogP contribution in [0.1, 0.15) is 31.2 Å². The van der Waals surface area contributed by atoms with Gasteiger partial charge < -0.3 is 11.1 Å². The lowest BCUT2D eigenvalue weighted by Crippen LogP contribution is -2.41. The van der Waals surface area contributed by atoms with Gasteiger partial charge in [0.25, 0.3) is 0 Å². The van der Waals surface area contributed by atoms with E-state index in [2.05, 4.69) is 35.0 Å². The van der Waals surface area contributed by atoms with Gasteiger partial charge in [0.05, 0.1) is 0 Å². The molecular formula is C17H22N2OS. The molecule has 3 rings (SSSR count). The van der Waals surface area contributed by atoms with Crippen LogP contribution in [0.15, 0.2) is 29.6 Å². The third kappa shape index (κ3) is 3.63. The molecule has 1 aromatic heterocycles. The van der Waals surface area contributed by atoms with Crippen LogP contribution in [0.2, 0.25) is 0 Å². The molecule has 1 atom stereocenters. The van der Waals surface area contributed by atoms with Gasteiger partial charge in [-0.1, -0.05) is 18.2 Å². The molecule has 1 amide bonds. The number of carbonyl (C=O) groups excluding carboxylic acids is 1. The third-order valence-electron chi connectivity index (χ3n) is 4.20. The normalized spacial score (nSPS) is 16.0. The van der Waals surface area contributed by atoms with Crippen molar-refractivity contribution in [2.75, 3.05) is 6.54 Å². The van der Waals surface area contributed by atoms with Crippen LogP contribution in [0.4, 0.5) is 0 Å². The highest BCUT2D eigenvalue weighted by Crippen LogP contribution is 2.32. The third-order valence-corrected chi connectivity index (χ3v) is 5.21. The lowest BCUT2D eigenvalue weighted by atomic mass is 10.1. The summed E-state index contributed by atoms with van der Waals surface area (Å²) in [6.45, 7) is 0.561. The van der Waals surface area contributed by atoms with E-state index in [9.17, 15) is 4.79 Å². The molecule has 1 heterocycles. The SMILES string of the molecule is NCC(NC(=O)CCCc1csc2ccccc12)C1CC1. The summed E-state index contributed by atoms with van der Waals surface area (Å²) in [5.74, 6) is 0.775. The molecule has 2 aromatic rings. The number of hydrogen-bond acceptors (Lipinski definition) is 3. The van der Waals surface area contributed by atoms with E-state index in [4.69, 9.17) is 5.73 Å². The predicted octanol–water partition coefficient (Wildman–Crippen LogP) is 3.08. The van der Waals surface area contributed by atoms with E-state index >= 15 is 0 Å². The molecule has 1 aliphatic carbocycles. The second-order valence-electron chi connectivity index (χ2n) is 5.86. The van der Waals surface area contributed by atoms with E-state index in [1.807, 2.05) is 0 Å². The van der Waals surface area contributed by atoms with E-state index in [1.165, 1.54) is 28.5 Å². The summed E-state index contributed by atoms with van der Waals surface area (Å²) in [6, 6.07) is 8.66. The van der Waals surface area contributed by atoms with Gasteiger partial charge in [-0.2, -0.15) is 0 Å². The van der Waals surface area contributed by atoms with Crippen molar-refractivity contribution < 1.29 is 4.79 Å². The first-order chi connectivity index (χ1) is 10.3. The highest BCUT2D eigenvalue weighted by atomic mass is 32.1. The van der Waals surface area contributed by atoms with Crippen LogP contribution in [0.25, 0.3) is 10.1 Å². The molecule has 3 nitrogen and oxygen atoms in total. The first-order valence-corrected chi connectivity index (χ1v) is 8.60. The number of carbonyl (C=O) groups is 1. The molecule has 1 fully saturated rings. The summed E-state index contributed by atoms with van der Waals surface area (Å²) in [4.78, 5) is 12.0. The number of fused-ring (bicyclic) bond motifs is 1.